The van der Waals surface area contributed by atoms with Crippen LogP contribution in [0.15, 0.2) is 16.6 Å². The van der Waals surface area contributed by atoms with Crippen LogP contribution in [0.25, 0.3) is 0 Å². The van der Waals surface area contributed by atoms with Crippen LogP contribution in [-0.4, -0.2) is 23.9 Å². The van der Waals surface area contributed by atoms with Gasteiger partial charge in [0.15, 0.2) is 0 Å². The van der Waals surface area contributed by atoms with Crippen molar-refractivity contribution in [2.24, 2.45) is 5.92 Å². The molecule has 1 aliphatic heterocycles. The maximum absolute atomic E-state index is 13.4. The number of anilines is 1. The molecule has 1 aliphatic carbocycles. The highest BCUT2D eigenvalue weighted by Gasteiger charge is 2.46. The van der Waals surface area contributed by atoms with Crippen molar-refractivity contribution in [1.29, 1.82) is 0 Å². The predicted octanol–water partition coefficient (Wildman–Crippen LogP) is 2.87. The predicted molar refractivity (Wildman–Crippen MR) is 80.7 cm³/mol. The third kappa shape index (κ3) is 2.55. The van der Waals surface area contributed by atoms with Gasteiger partial charge < -0.3 is 5.32 Å². The molecule has 1 saturated carbocycles. The Kier molecular flexibility index (Phi) is 3.69. The molecule has 1 N–H and O–H groups in total. The largest absolute Gasteiger partial charge is 0.342 e. The number of carbonyl (C=O) groups excluding carboxylic acids is 2. The van der Waals surface area contributed by atoms with E-state index in [9.17, 15) is 14.0 Å². The van der Waals surface area contributed by atoms with E-state index < -0.39 is 17.9 Å². The van der Waals surface area contributed by atoms with Crippen LogP contribution in [0.1, 0.15) is 19.8 Å². The standard InChI is InChI=1S/C14H13BrClFN2O2/c1-6-13(20)18-11(7-2-3-7)14(21)19(6)12-9(15)4-8(17)5-10(12)16/h4-7,11H,2-3H2,1H3,(H,18,20). The van der Waals surface area contributed by atoms with E-state index >= 15 is 0 Å². The first-order chi connectivity index (χ1) is 9.90. The van der Waals surface area contributed by atoms with Crippen LogP contribution in [0.3, 0.4) is 0 Å². The minimum Gasteiger partial charge on any atom is -0.342 e. The van der Waals surface area contributed by atoms with E-state index in [1.54, 1.807) is 6.92 Å². The van der Waals surface area contributed by atoms with Crippen LogP contribution in [0, 0.1) is 11.7 Å². The number of benzene rings is 1. The molecular formula is C14H13BrClFN2O2. The van der Waals surface area contributed by atoms with Crippen molar-refractivity contribution in [3.63, 3.8) is 0 Å². The first-order valence-corrected chi connectivity index (χ1v) is 7.85. The Morgan fingerprint density at radius 2 is 2.05 bits per heavy atom. The Labute approximate surface area is 134 Å². The van der Waals surface area contributed by atoms with E-state index in [2.05, 4.69) is 21.2 Å². The Morgan fingerprint density at radius 1 is 1.38 bits per heavy atom. The molecule has 1 saturated heterocycles. The number of amides is 2. The van der Waals surface area contributed by atoms with Crippen molar-refractivity contribution in [2.45, 2.75) is 31.8 Å². The summed E-state index contributed by atoms with van der Waals surface area (Å²) in [5.41, 5.74) is 0.344. The highest BCUT2D eigenvalue weighted by Crippen LogP contribution is 2.40. The second-order valence-electron chi connectivity index (χ2n) is 5.43. The van der Waals surface area contributed by atoms with Gasteiger partial charge in [-0.25, -0.2) is 4.39 Å². The van der Waals surface area contributed by atoms with Crippen molar-refractivity contribution < 1.29 is 14.0 Å². The van der Waals surface area contributed by atoms with Gasteiger partial charge in [-0.15, -0.1) is 0 Å². The number of nitrogens with zero attached hydrogens (tertiary/aromatic N) is 1. The van der Waals surface area contributed by atoms with Crippen molar-refractivity contribution in [3.8, 4) is 0 Å². The Balaban J connectivity index is 2.06. The lowest BCUT2D eigenvalue weighted by Crippen LogP contribution is -2.63. The summed E-state index contributed by atoms with van der Waals surface area (Å²) in [4.78, 5) is 26.2. The molecule has 0 spiro atoms. The summed E-state index contributed by atoms with van der Waals surface area (Å²) in [6.07, 6.45) is 1.86. The lowest BCUT2D eigenvalue weighted by molar-refractivity contribution is -0.134. The molecule has 2 aliphatic rings. The molecule has 0 radical (unpaired) electrons. The zero-order chi connectivity index (χ0) is 15.3. The minimum absolute atomic E-state index is 0.103. The van der Waals surface area contributed by atoms with E-state index in [-0.39, 0.29) is 22.8 Å². The van der Waals surface area contributed by atoms with E-state index in [4.69, 9.17) is 11.6 Å². The molecule has 2 fully saturated rings. The van der Waals surface area contributed by atoms with Crippen molar-refractivity contribution in [1.82, 2.24) is 5.32 Å². The highest BCUT2D eigenvalue weighted by atomic mass is 79.9. The van der Waals surface area contributed by atoms with E-state index in [1.165, 1.54) is 11.0 Å². The molecule has 1 heterocycles. The number of carbonyl (C=O) groups is 2. The molecule has 0 bridgehead atoms. The summed E-state index contributed by atoms with van der Waals surface area (Å²) in [6, 6.07) is 1.17. The molecular weight excluding hydrogens is 363 g/mol. The van der Waals surface area contributed by atoms with Crippen LogP contribution in [-0.2, 0) is 9.59 Å². The van der Waals surface area contributed by atoms with Crippen molar-refractivity contribution in [3.05, 3.63) is 27.4 Å². The van der Waals surface area contributed by atoms with Gasteiger partial charge in [0, 0.05) is 4.47 Å². The number of rotatable bonds is 2. The summed E-state index contributed by atoms with van der Waals surface area (Å²) < 4.78 is 13.7. The molecule has 1 aromatic carbocycles. The normalized spacial score (nSPS) is 26.0. The van der Waals surface area contributed by atoms with Crippen LogP contribution < -0.4 is 10.2 Å². The van der Waals surface area contributed by atoms with Gasteiger partial charge in [-0.2, -0.15) is 0 Å². The molecule has 2 atom stereocenters. The van der Waals surface area contributed by atoms with Gasteiger partial charge in [0.25, 0.3) is 5.91 Å². The summed E-state index contributed by atoms with van der Waals surface area (Å²) in [5, 5.41) is 2.87. The van der Waals surface area contributed by atoms with Gasteiger partial charge >= 0.3 is 0 Å². The summed E-state index contributed by atoms with van der Waals surface area (Å²) in [7, 11) is 0. The molecule has 112 valence electrons. The first-order valence-electron chi connectivity index (χ1n) is 6.68. The highest BCUT2D eigenvalue weighted by molar-refractivity contribution is 9.10. The first kappa shape index (κ1) is 14.8. The Morgan fingerprint density at radius 3 is 2.62 bits per heavy atom. The number of nitrogens with one attached hydrogen (secondary N) is 1. The number of halogens is 3. The monoisotopic (exact) mass is 374 g/mol. The van der Waals surface area contributed by atoms with Gasteiger partial charge in [0.05, 0.1) is 10.7 Å². The minimum atomic E-state index is -0.688. The van der Waals surface area contributed by atoms with Crippen molar-refractivity contribution >= 4 is 45.0 Å². The fourth-order valence-corrected chi connectivity index (χ4v) is 3.65. The quantitative estimate of drug-likeness (QED) is 0.864. The second kappa shape index (κ2) is 5.25. The van der Waals surface area contributed by atoms with E-state index in [1.807, 2.05) is 0 Å². The average Bonchev–Trinajstić information content (AvgIpc) is 3.21. The fraction of sp³-hybridized carbons (Fsp3) is 0.429. The topological polar surface area (TPSA) is 49.4 Å². The molecule has 7 heteroatoms. The van der Waals surface area contributed by atoms with Crippen LogP contribution in [0.5, 0.6) is 0 Å². The summed E-state index contributed by atoms with van der Waals surface area (Å²) in [6.45, 7) is 1.63. The van der Waals surface area contributed by atoms with E-state index in [0.717, 1.165) is 18.9 Å². The second-order valence-corrected chi connectivity index (χ2v) is 6.69. The zero-order valence-corrected chi connectivity index (χ0v) is 13.5. The summed E-state index contributed by atoms with van der Waals surface area (Å²) in [5.74, 6) is -0.733. The zero-order valence-electron chi connectivity index (χ0n) is 11.2. The van der Waals surface area contributed by atoms with Gasteiger partial charge in [-0.1, -0.05) is 11.6 Å². The summed E-state index contributed by atoms with van der Waals surface area (Å²) >= 11 is 9.32. The van der Waals surface area contributed by atoms with Crippen molar-refractivity contribution in [2.75, 3.05) is 4.90 Å². The van der Waals surface area contributed by atoms with Crippen LogP contribution in [0.2, 0.25) is 5.02 Å². The van der Waals surface area contributed by atoms with Crippen LogP contribution >= 0.6 is 27.5 Å². The maximum atomic E-state index is 13.4. The Bertz CT molecular complexity index is 612. The van der Waals surface area contributed by atoms with Gasteiger partial charge in [0.2, 0.25) is 5.91 Å². The average molecular weight is 376 g/mol. The number of hydrogen-bond acceptors (Lipinski definition) is 2. The van der Waals surface area contributed by atoms with Gasteiger partial charge in [-0.05, 0) is 53.7 Å². The molecule has 0 aromatic heterocycles. The molecule has 2 unspecified atom stereocenters. The molecule has 21 heavy (non-hydrogen) atoms. The SMILES string of the molecule is CC1C(=O)NC(C2CC2)C(=O)N1c1c(Cl)cc(F)cc1Br. The van der Waals surface area contributed by atoms with Crippen LogP contribution in [0.4, 0.5) is 10.1 Å². The van der Waals surface area contributed by atoms with Gasteiger partial charge in [0.1, 0.15) is 17.9 Å². The molecule has 1 aromatic rings. The number of hydrogen-bond donors (Lipinski definition) is 1. The lowest BCUT2D eigenvalue weighted by atomic mass is 10.0. The lowest BCUT2D eigenvalue weighted by Gasteiger charge is -2.38. The Hall–Kier alpha value is -1.14. The number of piperazine rings is 1. The molecule has 4 nitrogen and oxygen atoms in total. The fourth-order valence-electron chi connectivity index (χ4n) is 2.61. The van der Waals surface area contributed by atoms with Gasteiger partial charge in [-0.3, -0.25) is 14.5 Å². The maximum Gasteiger partial charge on any atom is 0.250 e. The third-order valence-corrected chi connectivity index (χ3v) is 4.78. The third-order valence-electron chi connectivity index (χ3n) is 3.88. The molecule has 2 amide bonds. The van der Waals surface area contributed by atoms with E-state index in [0.29, 0.717) is 10.2 Å². The molecule has 3 rings (SSSR count). The smallest absolute Gasteiger partial charge is 0.250 e.